The molecule has 0 saturated carbocycles. The lowest BCUT2D eigenvalue weighted by Gasteiger charge is -2.16. The van der Waals surface area contributed by atoms with Crippen molar-refractivity contribution in [1.82, 2.24) is 10.2 Å². The van der Waals surface area contributed by atoms with Crippen LogP contribution in [0.25, 0.3) is 0 Å². The van der Waals surface area contributed by atoms with E-state index in [2.05, 4.69) is 31.2 Å². The van der Waals surface area contributed by atoms with Gasteiger partial charge in [-0.15, -0.1) is 0 Å². The molecule has 0 spiro atoms. The van der Waals surface area contributed by atoms with Gasteiger partial charge < -0.3 is 15.0 Å². The minimum Gasteiger partial charge on any atom is -0.385 e. The molecule has 0 amide bonds. The van der Waals surface area contributed by atoms with E-state index in [1.165, 1.54) is 12.8 Å². The van der Waals surface area contributed by atoms with Crippen molar-refractivity contribution in [2.45, 2.75) is 32.2 Å². The van der Waals surface area contributed by atoms with Gasteiger partial charge in [-0.05, 0) is 53.4 Å². The highest BCUT2D eigenvalue weighted by Gasteiger charge is 2.00. The molecule has 0 heterocycles. The molecule has 86 valence electrons. The Morgan fingerprint density at radius 2 is 2.00 bits per heavy atom. The monoisotopic (exact) mass is 202 g/mol. The Hall–Kier alpha value is -0.120. The lowest BCUT2D eigenvalue weighted by Crippen LogP contribution is -2.30. The summed E-state index contributed by atoms with van der Waals surface area (Å²) >= 11 is 0. The van der Waals surface area contributed by atoms with E-state index in [0.717, 1.165) is 26.1 Å². The van der Waals surface area contributed by atoms with Crippen molar-refractivity contribution in [1.29, 1.82) is 0 Å². The fraction of sp³-hybridized carbons (Fsp3) is 1.00. The van der Waals surface area contributed by atoms with E-state index >= 15 is 0 Å². The summed E-state index contributed by atoms with van der Waals surface area (Å²) in [4.78, 5) is 2.23. The molecule has 0 aromatic heterocycles. The topological polar surface area (TPSA) is 24.5 Å². The molecule has 1 unspecified atom stereocenters. The van der Waals surface area contributed by atoms with Crippen molar-refractivity contribution in [3.05, 3.63) is 0 Å². The third-order valence-corrected chi connectivity index (χ3v) is 2.28. The third kappa shape index (κ3) is 9.96. The zero-order valence-electron chi connectivity index (χ0n) is 10.2. The van der Waals surface area contributed by atoms with Gasteiger partial charge in [-0.3, -0.25) is 0 Å². The second kappa shape index (κ2) is 9.44. The third-order valence-electron chi connectivity index (χ3n) is 2.28. The van der Waals surface area contributed by atoms with Crippen LogP contribution in [0.15, 0.2) is 0 Å². The van der Waals surface area contributed by atoms with Crippen LogP contribution in [0.5, 0.6) is 0 Å². The van der Waals surface area contributed by atoms with Gasteiger partial charge in [0.1, 0.15) is 0 Å². The van der Waals surface area contributed by atoms with E-state index in [9.17, 15) is 0 Å². The molecule has 0 aliphatic heterocycles. The Kier molecular flexibility index (Phi) is 9.35. The van der Waals surface area contributed by atoms with Crippen molar-refractivity contribution < 1.29 is 4.74 Å². The van der Waals surface area contributed by atoms with Crippen LogP contribution in [-0.4, -0.2) is 51.8 Å². The molecule has 0 rings (SSSR count). The average molecular weight is 202 g/mol. The molecule has 0 saturated heterocycles. The molecule has 1 atom stereocenters. The van der Waals surface area contributed by atoms with Crippen LogP contribution in [-0.2, 0) is 4.74 Å². The summed E-state index contributed by atoms with van der Waals surface area (Å²) < 4.78 is 4.99. The first-order valence-electron chi connectivity index (χ1n) is 5.54. The van der Waals surface area contributed by atoms with Crippen LogP contribution in [0, 0.1) is 0 Å². The van der Waals surface area contributed by atoms with Crippen LogP contribution in [0.4, 0.5) is 0 Å². The first kappa shape index (κ1) is 13.9. The summed E-state index contributed by atoms with van der Waals surface area (Å²) in [7, 11) is 5.99. The van der Waals surface area contributed by atoms with Crippen LogP contribution >= 0.6 is 0 Å². The largest absolute Gasteiger partial charge is 0.385 e. The Labute approximate surface area is 88.8 Å². The van der Waals surface area contributed by atoms with Crippen molar-refractivity contribution in [2.75, 3.05) is 40.9 Å². The van der Waals surface area contributed by atoms with Crippen molar-refractivity contribution in [3.8, 4) is 0 Å². The Balaban J connectivity index is 3.14. The van der Waals surface area contributed by atoms with Crippen molar-refractivity contribution in [3.63, 3.8) is 0 Å². The predicted molar refractivity (Wildman–Crippen MR) is 61.7 cm³/mol. The average Bonchev–Trinajstić information content (AvgIpc) is 2.14. The summed E-state index contributed by atoms with van der Waals surface area (Å²) in [5, 5.41) is 3.51. The molecule has 0 fully saturated rings. The van der Waals surface area contributed by atoms with Gasteiger partial charge in [-0.25, -0.2) is 0 Å². The molecule has 0 aromatic carbocycles. The molecule has 1 N–H and O–H groups in total. The van der Waals surface area contributed by atoms with Crippen LogP contribution in [0.1, 0.15) is 26.2 Å². The predicted octanol–water partition coefficient (Wildman–Crippen LogP) is 1.34. The molecule has 3 heteroatoms. The van der Waals surface area contributed by atoms with E-state index < -0.39 is 0 Å². The van der Waals surface area contributed by atoms with Gasteiger partial charge in [0.05, 0.1) is 0 Å². The Morgan fingerprint density at radius 3 is 2.57 bits per heavy atom. The molecule has 3 nitrogen and oxygen atoms in total. The zero-order valence-corrected chi connectivity index (χ0v) is 10.2. The lowest BCUT2D eigenvalue weighted by molar-refractivity contribution is 0.192. The van der Waals surface area contributed by atoms with E-state index in [1.807, 2.05) is 0 Å². The fourth-order valence-electron chi connectivity index (χ4n) is 1.27. The van der Waals surface area contributed by atoms with Gasteiger partial charge in [0.25, 0.3) is 0 Å². The van der Waals surface area contributed by atoms with Gasteiger partial charge in [0, 0.05) is 19.8 Å². The van der Waals surface area contributed by atoms with Gasteiger partial charge in [-0.2, -0.15) is 0 Å². The van der Waals surface area contributed by atoms with Crippen LogP contribution < -0.4 is 5.32 Å². The molecular weight excluding hydrogens is 176 g/mol. The quantitative estimate of drug-likeness (QED) is 0.571. The summed E-state index contributed by atoms with van der Waals surface area (Å²) in [6.07, 6.45) is 3.58. The van der Waals surface area contributed by atoms with Gasteiger partial charge in [0.15, 0.2) is 0 Å². The molecule has 0 aliphatic rings. The minimum atomic E-state index is 0.625. The summed E-state index contributed by atoms with van der Waals surface area (Å²) in [5.74, 6) is 0. The normalized spacial score (nSPS) is 13.5. The number of methoxy groups -OCH3 is 1. The highest BCUT2D eigenvalue weighted by Crippen LogP contribution is 1.93. The Bertz CT molecular complexity index is 118. The molecule has 0 radical (unpaired) electrons. The highest BCUT2D eigenvalue weighted by atomic mass is 16.5. The standard InChI is InChI=1S/C11H26N2O/c1-11(7-9-13(2)3)12-8-5-6-10-14-4/h11-12H,5-10H2,1-4H3. The fourth-order valence-corrected chi connectivity index (χ4v) is 1.27. The maximum Gasteiger partial charge on any atom is 0.0462 e. The van der Waals surface area contributed by atoms with Gasteiger partial charge in [-0.1, -0.05) is 0 Å². The van der Waals surface area contributed by atoms with Crippen LogP contribution in [0.2, 0.25) is 0 Å². The van der Waals surface area contributed by atoms with Crippen LogP contribution in [0.3, 0.4) is 0 Å². The molecule has 0 bridgehead atoms. The number of rotatable bonds is 9. The maximum absolute atomic E-state index is 4.99. The number of nitrogens with zero attached hydrogens (tertiary/aromatic N) is 1. The number of ether oxygens (including phenoxy) is 1. The SMILES string of the molecule is COCCCCNC(C)CCN(C)C. The summed E-state index contributed by atoms with van der Waals surface area (Å²) in [5.41, 5.74) is 0. The van der Waals surface area contributed by atoms with Crippen molar-refractivity contribution >= 4 is 0 Å². The first-order chi connectivity index (χ1) is 6.66. The lowest BCUT2D eigenvalue weighted by atomic mass is 10.2. The molecule has 0 aromatic rings. The smallest absolute Gasteiger partial charge is 0.0462 e. The molecule has 14 heavy (non-hydrogen) atoms. The highest BCUT2D eigenvalue weighted by molar-refractivity contribution is 4.61. The number of unbranched alkanes of at least 4 members (excludes halogenated alkanes) is 1. The molecular formula is C11H26N2O. The second-order valence-corrected chi connectivity index (χ2v) is 4.15. The van der Waals surface area contributed by atoms with E-state index in [0.29, 0.717) is 6.04 Å². The summed E-state index contributed by atoms with van der Waals surface area (Å²) in [6, 6.07) is 0.625. The Morgan fingerprint density at radius 1 is 1.29 bits per heavy atom. The van der Waals surface area contributed by atoms with E-state index in [4.69, 9.17) is 4.74 Å². The van der Waals surface area contributed by atoms with Gasteiger partial charge >= 0.3 is 0 Å². The molecule has 0 aliphatic carbocycles. The second-order valence-electron chi connectivity index (χ2n) is 4.15. The number of hydrogen-bond donors (Lipinski definition) is 1. The van der Waals surface area contributed by atoms with E-state index in [1.54, 1.807) is 7.11 Å². The van der Waals surface area contributed by atoms with Gasteiger partial charge in [0.2, 0.25) is 0 Å². The number of nitrogens with one attached hydrogen (secondary N) is 1. The van der Waals surface area contributed by atoms with Crippen molar-refractivity contribution in [2.24, 2.45) is 0 Å². The number of hydrogen-bond acceptors (Lipinski definition) is 3. The maximum atomic E-state index is 4.99. The first-order valence-corrected chi connectivity index (χ1v) is 5.54. The minimum absolute atomic E-state index is 0.625. The van der Waals surface area contributed by atoms with E-state index in [-0.39, 0.29) is 0 Å². The summed E-state index contributed by atoms with van der Waals surface area (Å²) in [6.45, 7) is 5.40. The zero-order chi connectivity index (χ0) is 10.8.